The number of nitrogens with two attached hydrogens (primary N) is 1. The Hall–Kier alpha value is -0.870. The highest BCUT2D eigenvalue weighted by Gasteiger charge is 2.42. The van der Waals surface area contributed by atoms with Gasteiger partial charge in [-0.2, -0.15) is 5.10 Å². The fourth-order valence-corrected chi connectivity index (χ4v) is 2.87. The number of aryl methyl sites for hydroxylation is 1. The Morgan fingerprint density at radius 1 is 1.38 bits per heavy atom. The predicted octanol–water partition coefficient (Wildman–Crippen LogP) is 0.965. The molecule has 1 saturated carbocycles. The molecule has 2 atom stereocenters. The van der Waals surface area contributed by atoms with Crippen LogP contribution in [0.1, 0.15) is 36.6 Å². The second-order valence-electron chi connectivity index (χ2n) is 5.18. The van der Waals surface area contributed by atoms with Gasteiger partial charge in [0.1, 0.15) is 0 Å². The van der Waals surface area contributed by atoms with Gasteiger partial charge in [-0.3, -0.25) is 9.58 Å². The number of nitrogens with zero attached hydrogens (tertiary/aromatic N) is 3. The van der Waals surface area contributed by atoms with Crippen molar-refractivity contribution in [3.05, 3.63) is 17.5 Å². The van der Waals surface area contributed by atoms with Crippen LogP contribution in [0.25, 0.3) is 0 Å². The first-order valence-electron chi connectivity index (χ1n) is 6.18. The lowest BCUT2D eigenvalue weighted by molar-refractivity contribution is 0.236. The van der Waals surface area contributed by atoms with E-state index in [1.54, 1.807) is 0 Å². The molecule has 1 aliphatic heterocycles. The van der Waals surface area contributed by atoms with Gasteiger partial charge in [0.25, 0.3) is 0 Å². The van der Waals surface area contributed by atoms with Gasteiger partial charge in [0.2, 0.25) is 0 Å². The van der Waals surface area contributed by atoms with Crippen molar-refractivity contribution in [1.82, 2.24) is 14.7 Å². The van der Waals surface area contributed by atoms with E-state index < -0.39 is 0 Å². The molecule has 0 aromatic carbocycles. The Labute approximate surface area is 96.4 Å². The third-order valence-corrected chi connectivity index (χ3v) is 4.09. The lowest BCUT2D eigenvalue weighted by Crippen LogP contribution is -2.33. The van der Waals surface area contributed by atoms with Crippen LogP contribution < -0.4 is 5.73 Å². The smallest absolute Gasteiger partial charge is 0.0541 e. The molecule has 2 N–H and O–H groups in total. The van der Waals surface area contributed by atoms with Gasteiger partial charge in [0, 0.05) is 36.9 Å². The predicted molar refractivity (Wildman–Crippen MR) is 63.0 cm³/mol. The minimum atomic E-state index is 0.281. The van der Waals surface area contributed by atoms with Crippen LogP contribution >= 0.6 is 0 Å². The van der Waals surface area contributed by atoms with Crippen molar-refractivity contribution >= 4 is 0 Å². The third kappa shape index (κ3) is 1.48. The molecule has 3 rings (SSSR count). The molecular weight excluding hydrogens is 200 g/mol. The summed E-state index contributed by atoms with van der Waals surface area (Å²) in [5, 5.41) is 4.34. The standard InChI is InChI=1S/C12H20N4/c1-8-10(7-14-15(8)2)12-11(13)5-6-16(12)9-3-4-9/h7,9,11-12H,3-6,13H2,1-2H3. The molecule has 2 heterocycles. The fourth-order valence-electron chi connectivity index (χ4n) is 2.87. The van der Waals surface area contributed by atoms with Crippen molar-refractivity contribution in [1.29, 1.82) is 0 Å². The summed E-state index contributed by atoms with van der Waals surface area (Å²) in [6.07, 6.45) is 5.82. The van der Waals surface area contributed by atoms with Crippen LogP contribution in [0.5, 0.6) is 0 Å². The summed E-state index contributed by atoms with van der Waals surface area (Å²) in [7, 11) is 2.00. The maximum atomic E-state index is 6.27. The highest BCUT2D eigenvalue weighted by molar-refractivity contribution is 5.24. The Morgan fingerprint density at radius 2 is 2.12 bits per heavy atom. The van der Waals surface area contributed by atoms with Crippen molar-refractivity contribution in [2.75, 3.05) is 6.54 Å². The Kier molecular flexibility index (Phi) is 2.30. The first-order chi connectivity index (χ1) is 7.68. The number of aromatic nitrogens is 2. The number of hydrogen-bond acceptors (Lipinski definition) is 3. The zero-order chi connectivity index (χ0) is 11.3. The van der Waals surface area contributed by atoms with E-state index in [1.165, 1.54) is 24.1 Å². The van der Waals surface area contributed by atoms with E-state index in [0.717, 1.165) is 19.0 Å². The Balaban J connectivity index is 1.93. The molecule has 1 aromatic rings. The molecule has 4 nitrogen and oxygen atoms in total. The molecule has 1 aliphatic carbocycles. The van der Waals surface area contributed by atoms with Crippen LogP contribution in [0, 0.1) is 6.92 Å². The zero-order valence-corrected chi connectivity index (χ0v) is 10.1. The highest BCUT2D eigenvalue weighted by Crippen LogP contribution is 2.40. The average molecular weight is 220 g/mol. The van der Waals surface area contributed by atoms with Crippen LogP contribution in [0.15, 0.2) is 6.20 Å². The van der Waals surface area contributed by atoms with Crippen LogP contribution in [0.4, 0.5) is 0 Å². The minimum absolute atomic E-state index is 0.281. The van der Waals surface area contributed by atoms with Gasteiger partial charge >= 0.3 is 0 Å². The molecule has 0 spiro atoms. The second-order valence-corrected chi connectivity index (χ2v) is 5.18. The summed E-state index contributed by atoms with van der Waals surface area (Å²) >= 11 is 0. The van der Waals surface area contributed by atoms with E-state index in [9.17, 15) is 0 Å². The number of hydrogen-bond donors (Lipinski definition) is 1. The molecule has 88 valence electrons. The molecule has 0 radical (unpaired) electrons. The van der Waals surface area contributed by atoms with Gasteiger partial charge < -0.3 is 5.73 Å². The van der Waals surface area contributed by atoms with E-state index in [4.69, 9.17) is 5.73 Å². The van der Waals surface area contributed by atoms with Crippen molar-refractivity contribution < 1.29 is 0 Å². The normalized spacial score (nSPS) is 31.2. The average Bonchev–Trinajstić information content (AvgIpc) is 2.97. The third-order valence-electron chi connectivity index (χ3n) is 4.09. The molecule has 2 aliphatic rings. The molecule has 0 bridgehead atoms. The van der Waals surface area contributed by atoms with E-state index in [1.807, 2.05) is 17.9 Å². The lowest BCUT2D eigenvalue weighted by Gasteiger charge is -2.26. The van der Waals surface area contributed by atoms with Gasteiger partial charge in [-0.05, 0) is 26.2 Å². The largest absolute Gasteiger partial charge is 0.326 e. The molecule has 2 unspecified atom stereocenters. The number of rotatable bonds is 2. The van der Waals surface area contributed by atoms with Crippen molar-refractivity contribution in [3.63, 3.8) is 0 Å². The van der Waals surface area contributed by atoms with Crippen molar-refractivity contribution in [2.24, 2.45) is 12.8 Å². The maximum Gasteiger partial charge on any atom is 0.0541 e. The monoisotopic (exact) mass is 220 g/mol. The number of likely N-dealkylation sites (tertiary alicyclic amines) is 1. The summed E-state index contributed by atoms with van der Waals surface area (Å²) in [5.74, 6) is 0. The molecule has 4 heteroatoms. The topological polar surface area (TPSA) is 47.1 Å². The van der Waals surface area contributed by atoms with Gasteiger partial charge in [0.05, 0.1) is 12.2 Å². The van der Waals surface area contributed by atoms with E-state index in [-0.39, 0.29) is 6.04 Å². The minimum Gasteiger partial charge on any atom is -0.326 e. The second kappa shape index (κ2) is 3.57. The van der Waals surface area contributed by atoms with Gasteiger partial charge in [-0.15, -0.1) is 0 Å². The molecule has 1 saturated heterocycles. The lowest BCUT2D eigenvalue weighted by atomic mass is 10.0. The van der Waals surface area contributed by atoms with Crippen molar-refractivity contribution in [3.8, 4) is 0 Å². The summed E-state index contributed by atoms with van der Waals surface area (Å²) in [6, 6.07) is 1.47. The SMILES string of the molecule is Cc1c(C2C(N)CCN2C2CC2)cnn1C. The Morgan fingerprint density at radius 3 is 2.69 bits per heavy atom. The highest BCUT2D eigenvalue weighted by atomic mass is 15.3. The summed E-state index contributed by atoms with van der Waals surface area (Å²) in [5.41, 5.74) is 8.86. The van der Waals surface area contributed by atoms with E-state index in [0.29, 0.717) is 6.04 Å². The summed E-state index contributed by atoms with van der Waals surface area (Å²) in [6.45, 7) is 3.29. The van der Waals surface area contributed by atoms with Crippen LogP contribution in [0.2, 0.25) is 0 Å². The molecule has 2 fully saturated rings. The molecule has 1 aromatic heterocycles. The van der Waals surface area contributed by atoms with Gasteiger partial charge in [-0.1, -0.05) is 0 Å². The fraction of sp³-hybridized carbons (Fsp3) is 0.750. The molecular formula is C12H20N4. The molecule has 0 amide bonds. The summed E-state index contributed by atoms with van der Waals surface area (Å²) < 4.78 is 1.95. The van der Waals surface area contributed by atoms with Gasteiger partial charge in [-0.25, -0.2) is 0 Å². The summed E-state index contributed by atoms with van der Waals surface area (Å²) in [4.78, 5) is 2.59. The Bertz CT molecular complexity index is 394. The maximum absolute atomic E-state index is 6.27. The van der Waals surface area contributed by atoms with Crippen LogP contribution in [0.3, 0.4) is 0 Å². The van der Waals surface area contributed by atoms with E-state index >= 15 is 0 Å². The van der Waals surface area contributed by atoms with Crippen LogP contribution in [-0.4, -0.2) is 33.3 Å². The first-order valence-corrected chi connectivity index (χ1v) is 6.18. The van der Waals surface area contributed by atoms with Crippen LogP contribution in [-0.2, 0) is 7.05 Å². The van der Waals surface area contributed by atoms with Crippen molar-refractivity contribution in [2.45, 2.75) is 44.3 Å². The first kappa shape index (κ1) is 10.3. The van der Waals surface area contributed by atoms with Gasteiger partial charge in [0.15, 0.2) is 0 Å². The quantitative estimate of drug-likeness (QED) is 0.807. The molecule has 16 heavy (non-hydrogen) atoms. The van der Waals surface area contributed by atoms with E-state index in [2.05, 4.69) is 16.9 Å². The zero-order valence-electron chi connectivity index (χ0n) is 10.1.